The third kappa shape index (κ3) is 3.14. The zero-order chi connectivity index (χ0) is 15.0. The molecule has 0 heterocycles. The van der Waals surface area contributed by atoms with Gasteiger partial charge >= 0.3 is 6.16 Å². The topological polar surface area (TPSA) is 75.7 Å². The first-order valence-corrected chi connectivity index (χ1v) is 7.60. The van der Waals surface area contributed by atoms with Gasteiger partial charge in [-0.15, -0.1) is 0 Å². The van der Waals surface area contributed by atoms with Crippen LogP contribution in [0.15, 0.2) is 0 Å². The molecule has 118 valence electrons. The standard InChI is InChI=1S/C15H21FO5/c16-12(13(17)18)7-20-14(19)21-8-15-4-9-1-10(5-15)3-11(2-9)6-15/h9-12H,1-8H2,(H,17,18)/p-1. The van der Waals surface area contributed by atoms with E-state index in [0.717, 1.165) is 37.0 Å². The molecule has 4 bridgehead atoms. The van der Waals surface area contributed by atoms with Crippen LogP contribution in [0.2, 0.25) is 0 Å². The number of hydrogen-bond donors (Lipinski definition) is 0. The molecule has 21 heavy (non-hydrogen) atoms. The van der Waals surface area contributed by atoms with Gasteiger partial charge in [-0.25, -0.2) is 9.18 Å². The average Bonchev–Trinajstić information content (AvgIpc) is 2.41. The first-order valence-electron chi connectivity index (χ1n) is 7.60. The first kappa shape index (κ1) is 14.6. The van der Waals surface area contributed by atoms with Gasteiger partial charge in [0.05, 0.1) is 5.97 Å². The molecule has 4 fully saturated rings. The molecule has 5 nitrogen and oxygen atoms in total. The van der Waals surface area contributed by atoms with Gasteiger partial charge in [-0.3, -0.25) is 0 Å². The zero-order valence-corrected chi connectivity index (χ0v) is 11.9. The maximum Gasteiger partial charge on any atom is 0.508 e. The van der Waals surface area contributed by atoms with Crippen LogP contribution < -0.4 is 5.11 Å². The van der Waals surface area contributed by atoms with Crippen molar-refractivity contribution in [3.05, 3.63) is 0 Å². The Morgan fingerprint density at radius 1 is 1.10 bits per heavy atom. The number of rotatable bonds is 5. The minimum absolute atomic E-state index is 0.0667. The normalized spacial score (nSPS) is 38.0. The van der Waals surface area contributed by atoms with Crippen LogP contribution in [0.25, 0.3) is 0 Å². The molecule has 0 aromatic carbocycles. The Morgan fingerprint density at radius 2 is 1.62 bits per heavy atom. The molecule has 4 aliphatic rings. The molecular weight excluding hydrogens is 279 g/mol. The van der Waals surface area contributed by atoms with Crippen molar-refractivity contribution < 1.29 is 28.6 Å². The Kier molecular flexibility index (Phi) is 3.80. The molecule has 1 atom stereocenters. The van der Waals surface area contributed by atoms with Crippen molar-refractivity contribution in [3.8, 4) is 0 Å². The molecule has 0 aliphatic heterocycles. The number of carbonyl (C=O) groups excluding carboxylic acids is 2. The number of alkyl halides is 1. The molecule has 4 saturated carbocycles. The van der Waals surface area contributed by atoms with E-state index in [4.69, 9.17) is 4.74 Å². The summed E-state index contributed by atoms with van der Waals surface area (Å²) >= 11 is 0. The first-order chi connectivity index (χ1) is 9.96. The molecule has 4 rings (SSSR count). The van der Waals surface area contributed by atoms with Gasteiger partial charge in [0.25, 0.3) is 0 Å². The van der Waals surface area contributed by atoms with Gasteiger partial charge in [-0.05, 0) is 56.3 Å². The Labute approximate surface area is 122 Å². The Balaban J connectivity index is 1.47. The monoisotopic (exact) mass is 299 g/mol. The molecular formula is C15H20FO5-. The van der Waals surface area contributed by atoms with E-state index in [0.29, 0.717) is 6.61 Å². The lowest BCUT2D eigenvalue weighted by molar-refractivity contribution is -0.312. The highest BCUT2D eigenvalue weighted by atomic mass is 19.1. The van der Waals surface area contributed by atoms with E-state index in [1.165, 1.54) is 19.3 Å². The van der Waals surface area contributed by atoms with Gasteiger partial charge < -0.3 is 19.4 Å². The molecule has 0 spiro atoms. The second-order valence-corrected chi connectivity index (χ2v) is 7.05. The van der Waals surface area contributed by atoms with Gasteiger partial charge in [0.1, 0.15) is 13.2 Å². The molecule has 0 radical (unpaired) electrons. The Bertz CT molecular complexity index is 400. The number of carboxylic acid groups (broad SMARTS) is 1. The summed E-state index contributed by atoms with van der Waals surface area (Å²) in [6, 6.07) is 0. The van der Waals surface area contributed by atoms with Crippen molar-refractivity contribution in [3.63, 3.8) is 0 Å². The van der Waals surface area contributed by atoms with Crippen LogP contribution in [0.5, 0.6) is 0 Å². The molecule has 6 heteroatoms. The minimum Gasteiger partial charge on any atom is -0.547 e. The number of ether oxygens (including phenoxy) is 2. The van der Waals surface area contributed by atoms with E-state index in [9.17, 15) is 19.1 Å². The van der Waals surface area contributed by atoms with E-state index in [2.05, 4.69) is 4.74 Å². The third-order valence-corrected chi connectivity index (χ3v) is 5.26. The molecule has 4 aliphatic carbocycles. The van der Waals surface area contributed by atoms with Crippen LogP contribution in [0.3, 0.4) is 0 Å². The van der Waals surface area contributed by atoms with Crippen molar-refractivity contribution in [1.29, 1.82) is 0 Å². The molecule has 0 amide bonds. The minimum atomic E-state index is -2.31. The molecule has 0 aromatic rings. The summed E-state index contributed by atoms with van der Waals surface area (Å²) in [6.07, 6.45) is 3.90. The van der Waals surface area contributed by atoms with Crippen molar-refractivity contribution >= 4 is 12.1 Å². The van der Waals surface area contributed by atoms with Gasteiger partial charge in [0.2, 0.25) is 0 Å². The van der Waals surface area contributed by atoms with Crippen molar-refractivity contribution in [1.82, 2.24) is 0 Å². The largest absolute Gasteiger partial charge is 0.547 e. The van der Waals surface area contributed by atoms with Crippen molar-refractivity contribution in [2.75, 3.05) is 13.2 Å². The summed E-state index contributed by atoms with van der Waals surface area (Å²) in [4.78, 5) is 21.6. The number of aliphatic carboxylic acids is 1. The SMILES string of the molecule is O=C(OCC(F)C(=O)[O-])OCC12CC3CC(CC(C3)C1)C2. The molecule has 1 unspecified atom stereocenters. The smallest absolute Gasteiger partial charge is 0.508 e. The highest BCUT2D eigenvalue weighted by Crippen LogP contribution is 2.60. The van der Waals surface area contributed by atoms with E-state index in [1.54, 1.807) is 0 Å². The maximum atomic E-state index is 12.7. The van der Waals surface area contributed by atoms with Crippen LogP contribution >= 0.6 is 0 Å². The van der Waals surface area contributed by atoms with Gasteiger partial charge in [-0.1, -0.05) is 0 Å². The highest BCUT2D eigenvalue weighted by Gasteiger charge is 2.51. The fourth-order valence-electron chi connectivity index (χ4n) is 4.93. The lowest BCUT2D eigenvalue weighted by Crippen LogP contribution is -2.48. The fraction of sp³-hybridized carbons (Fsp3) is 0.867. The number of carboxylic acids is 1. The van der Waals surface area contributed by atoms with Crippen LogP contribution in [0.4, 0.5) is 9.18 Å². The van der Waals surface area contributed by atoms with Crippen LogP contribution in [0.1, 0.15) is 38.5 Å². The summed E-state index contributed by atoms with van der Waals surface area (Å²) in [6.45, 7) is -0.556. The van der Waals surface area contributed by atoms with Gasteiger partial charge in [-0.2, -0.15) is 0 Å². The quantitative estimate of drug-likeness (QED) is 0.718. The van der Waals surface area contributed by atoms with Crippen LogP contribution in [0, 0.1) is 23.2 Å². The summed E-state index contributed by atoms with van der Waals surface area (Å²) < 4.78 is 22.3. The fourth-order valence-corrected chi connectivity index (χ4v) is 4.93. The summed E-state index contributed by atoms with van der Waals surface area (Å²) in [5.74, 6) is 0.376. The van der Waals surface area contributed by atoms with Crippen molar-refractivity contribution in [2.45, 2.75) is 44.7 Å². The van der Waals surface area contributed by atoms with Gasteiger partial charge in [0, 0.05) is 5.41 Å². The Hall–Kier alpha value is -1.33. The third-order valence-electron chi connectivity index (χ3n) is 5.26. The molecule has 0 aromatic heterocycles. The van der Waals surface area contributed by atoms with Crippen LogP contribution in [-0.4, -0.2) is 31.5 Å². The number of hydrogen-bond acceptors (Lipinski definition) is 5. The zero-order valence-electron chi connectivity index (χ0n) is 11.9. The van der Waals surface area contributed by atoms with Gasteiger partial charge in [0.15, 0.2) is 6.17 Å². The van der Waals surface area contributed by atoms with E-state index >= 15 is 0 Å². The van der Waals surface area contributed by atoms with Crippen LogP contribution in [-0.2, 0) is 14.3 Å². The Morgan fingerprint density at radius 3 is 2.10 bits per heavy atom. The summed E-state index contributed by atoms with van der Waals surface area (Å²) in [5, 5.41) is 10.2. The van der Waals surface area contributed by atoms with E-state index < -0.39 is 24.9 Å². The number of carbonyl (C=O) groups is 2. The lowest BCUT2D eigenvalue weighted by Gasteiger charge is -2.56. The van der Waals surface area contributed by atoms with E-state index in [1.807, 2.05) is 0 Å². The molecule has 0 N–H and O–H groups in total. The van der Waals surface area contributed by atoms with E-state index in [-0.39, 0.29) is 5.41 Å². The second kappa shape index (κ2) is 5.46. The lowest BCUT2D eigenvalue weighted by atomic mass is 9.50. The highest BCUT2D eigenvalue weighted by molar-refractivity contribution is 5.70. The average molecular weight is 299 g/mol. The maximum absolute atomic E-state index is 12.7. The summed E-state index contributed by atoms with van der Waals surface area (Å²) in [7, 11) is 0. The molecule has 0 saturated heterocycles. The predicted molar refractivity (Wildman–Crippen MR) is 67.8 cm³/mol. The summed E-state index contributed by atoms with van der Waals surface area (Å²) in [5.41, 5.74) is 0.0667. The number of halogens is 1. The second-order valence-electron chi connectivity index (χ2n) is 7.05. The van der Waals surface area contributed by atoms with Crippen molar-refractivity contribution in [2.24, 2.45) is 23.2 Å². The predicted octanol–water partition coefficient (Wildman–Crippen LogP) is 1.44.